The zero-order valence-corrected chi connectivity index (χ0v) is 17.1. The van der Waals surface area contributed by atoms with Gasteiger partial charge < -0.3 is 0 Å². The molecule has 32 heavy (non-hydrogen) atoms. The topological polar surface area (TPSA) is 43.6 Å². The monoisotopic (exact) mass is 450 g/mol. The van der Waals surface area contributed by atoms with Crippen LogP contribution >= 0.6 is 11.6 Å². The van der Waals surface area contributed by atoms with E-state index in [-0.39, 0.29) is 22.4 Å². The Bertz CT molecular complexity index is 1400. The summed E-state index contributed by atoms with van der Waals surface area (Å²) in [5, 5.41) is 4.98. The first kappa shape index (κ1) is 20.2. The van der Waals surface area contributed by atoms with Crippen molar-refractivity contribution in [2.45, 2.75) is 6.18 Å². The summed E-state index contributed by atoms with van der Waals surface area (Å²) >= 11 is 5.99. The molecule has 158 valence electrons. The van der Waals surface area contributed by atoms with Crippen molar-refractivity contribution in [3.8, 4) is 28.2 Å². The Hall–Kier alpha value is -3.71. The van der Waals surface area contributed by atoms with Crippen LogP contribution < -0.4 is 0 Å². The molecule has 0 N–H and O–H groups in total. The lowest BCUT2D eigenvalue weighted by molar-refractivity contribution is -0.136. The first-order valence-corrected chi connectivity index (χ1v) is 10.0. The Kier molecular flexibility index (Phi) is 4.90. The van der Waals surface area contributed by atoms with Gasteiger partial charge in [-0.25, -0.2) is 9.67 Å². The maximum absolute atomic E-state index is 14.3. The number of hydrogen-bond acceptors (Lipinski definition) is 3. The second kappa shape index (κ2) is 7.76. The molecule has 4 nitrogen and oxygen atoms in total. The van der Waals surface area contributed by atoms with E-state index >= 15 is 0 Å². The number of pyridine rings is 2. The minimum absolute atomic E-state index is 0.0681. The first-order valence-electron chi connectivity index (χ1n) is 9.64. The molecule has 2 aromatic carbocycles. The molecule has 0 bridgehead atoms. The van der Waals surface area contributed by atoms with E-state index in [4.69, 9.17) is 11.6 Å². The molecule has 5 rings (SSSR count). The van der Waals surface area contributed by atoms with Gasteiger partial charge in [-0.3, -0.25) is 4.98 Å². The van der Waals surface area contributed by atoms with Crippen LogP contribution in [-0.2, 0) is 6.18 Å². The van der Waals surface area contributed by atoms with Crippen LogP contribution in [0.2, 0.25) is 5.02 Å². The van der Waals surface area contributed by atoms with Gasteiger partial charge in [0.1, 0.15) is 5.69 Å². The highest BCUT2D eigenvalue weighted by atomic mass is 35.5. The molecular weight excluding hydrogens is 437 g/mol. The largest absolute Gasteiger partial charge is 0.417 e. The lowest BCUT2D eigenvalue weighted by atomic mass is 10.0. The summed E-state index contributed by atoms with van der Waals surface area (Å²) in [4.78, 5) is 8.55. The van der Waals surface area contributed by atoms with E-state index in [1.807, 2.05) is 6.07 Å². The number of hydrogen-bond donors (Lipinski definition) is 0. The van der Waals surface area contributed by atoms with E-state index in [1.54, 1.807) is 60.7 Å². The molecular formula is C24H14ClF3N4. The molecule has 0 saturated carbocycles. The highest BCUT2D eigenvalue weighted by Crippen LogP contribution is 2.41. The smallest absolute Gasteiger partial charge is 0.265 e. The Morgan fingerprint density at radius 1 is 0.812 bits per heavy atom. The Labute approximate surface area is 185 Å². The van der Waals surface area contributed by atoms with E-state index in [9.17, 15) is 13.2 Å². The predicted octanol–water partition coefficient (Wildman–Crippen LogP) is 6.82. The van der Waals surface area contributed by atoms with Gasteiger partial charge >= 0.3 is 6.18 Å². The SMILES string of the molecule is FC(F)(F)c1cc(-c2ccncc2)nc2c1c(-c1ccc(Cl)cc1)nn2-c1ccccc1. The van der Waals surface area contributed by atoms with Crippen LogP contribution in [0.5, 0.6) is 0 Å². The van der Waals surface area contributed by atoms with Crippen molar-refractivity contribution in [3.63, 3.8) is 0 Å². The molecule has 0 aliphatic carbocycles. The fraction of sp³-hybridized carbons (Fsp3) is 0.0417. The van der Waals surface area contributed by atoms with Crippen molar-refractivity contribution in [1.29, 1.82) is 0 Å². The summed E-state index contributed by atoms with van der Waals surface area (Å²) in [6.07, 6.45) is -1.58. The minimum Gasteiger partial charge on any atom is -0.265 e. The van der Waals surface area contributed by atoms with Crippen molar-refractivity contribution in [2.24, 2.45) is 0 Å². The molecule has 0 aliphatic heterocycles. The van der Waals surface area contributed by atoms with Crippen molar-refractivity contribution in [2.75, 3.05) is 0 Å². The third kappa shape index (κ3) is 3.61. The highest BCUT2D eigenvalue weighted by Gasteiger charge is 2.36. The molecule has 0 spiro atoms. The van der Waals surface area contributed by atoms with Gasteiger partial charge in [-0.15, -0.1) is 0 Å². The normalized spacial score (nSPS) is 11.8. The summed E-state index contributed by atoms with van der Waals surface area (Å²) in [6.45, 7) is 0. The van der Waals surface area contributed by atoms with Crippen molar-refractivity contribution >= 4 is 22.6 Å². The summed E-state index contributed by atoms with van der Waals surface area (Å²) in [5.41, 5.74) is 1.32. The third-order valence-corrected chi connectivity index (χ3v) is 5.29. The standard InChI is InChI=1S/C24H14ClF3N4/c25-17-8-6-16(7-9-17)22-21-19(24(26,27)28)14-20(15-10-12-29-13-11-15)30-23(21)32(31-22)18-4-2-1-3-5-18/h1-14H. The van der Waals surface area contributed by atoms with Crippen molar-refractivity contribution in [3.05, 3.63) is 95.8 Å². The molecule has 0 radical (unpaired) electrons. The number of rotatable bonds is 3. The maximum Gasteiger partial charge on any atom is 0.417 e. The number of para-hydroxylation sites is 1. The molecule has 0 atom stereocenters. The highest BCUT2D eigenvalue weighted by molar-refractivity contribution is 6.30. The fourth-order valence-electron chi connectivity index (χ4n) is 3.57. The summed E-state index contributed by atoms with van der Waals surface area (Å²) in [6, 6.07) is 19.8. The maximum atomic E-state index is 14.3. The van der Waals surface area contributed by atoms with Crippen LogP contribution in [0, 0.1) is 0 Å². The molecule has 3 aromatic heterocycles. The van der Waals surface area contributed by atoms with E-state index in [0.717, 1.165) is 6.07 Å². The fourth-order valence-corrected chi connectivity index (χ4v) is 3.69. The van der Waals surface area contributed by atoms with Gasteiger partial charge in [0.05, 0.1) is 22.3 Å². The molecule has 0 saturated heterocycles. The Morgan fingerprint density at radius 2 is 1.50 bits per heavy atom. The van der Waals surface area contributed by atoms with E-state index < -0.39 is 11.7 Å². The van der Waals surface area contributed by atoms with E-state index in [0.29, 0.717) is 21.8 Å². The first-order chi connectivity index (χ1) is 15.4. The molecule has 0 unspecified atom stereocenters. The van der Waals surface area contributed by atoms with Gasteiger partial charge in [0.15, 0.2) is 5.65 Å². The number of benzene rings is 2. The number of aromatic nitrogens is 4. The predicted molar refractivity (Wildman–Crippen MR) is 118 cm³/mol. The molecule has 0 aliphatic rings. The average Bonchev–Trinajstić information content (AvgIpc) is 3.19. The molecule has 3 heterocycles. The Balaban J connectivity index is 1.90. The molecule has 0 fully saturated rings. The molecule has 5 aromatic rings. The van der Waals surface area contributed by atoms with Crippen LogP contribution in [0.4, 0.5) is 13.2 Å². The Morgan fingerprint density at radius 3 is 2.16 bits per heavy atom. The van der Waals surface area contributed by atoms with Crippen LogP contribution in [0.3, 0.4) is 0 Å². The second-order valence-corrected chi connectivity index (χ2v) is 7.53. The zero-order chi connectivity index (χ0) is 22.3. The van der Waals surface area contributed by atoms with Gasteiger partial charge in [-0.05, 0) is 42.5 Å². The second-order valence-electron chi connectivity index (χ2n) is 7.09. The van der Waals surface area contributed by atoms with Gasteiger partial charge in [0.25, 0.3) is 0 Å². The van der Waals surface area contributed by atoms with Gasteiger partial charge in [0, 0.05) is 28.5 Å². The van der Waals surface area contributed by atoms with Crippen molar-refractivity contribution < 1.29 is 13.2 Å². The van der Waals surface area contributed by atoms with Crippen molar-refractivity contribution in [1.82, 2.24) is 19.7 Å². The summed E-state index contributed by atoms with van der Waals surface area (Å²) in [5.74, 6) is 0. The summed E-state index contributed by atoms with van der Waals surface area (Å²) < 4.78 is 44.3. The molecule has 0 amide bonds. The van der Waals surface area contributed by atoms with Crippen LogP contribution in [-0.4, -0.2) is 19.7 Å². The van der Waals surface area contributed by atoms with E-state index in [2.05, 4.69) is 15.1 Å². The van der Waals surface area contributed by atoms with Crippen LogP contribution in [0.1, 0.15) is 5.56 Å². The number of nitrogens with zero attached hydrogens (tertiary/aromatic N) is 4. The van der Waals surface area contributed by atoms with Gasteiger partial charge in [-0.1, -0.05) is 41.9 Å². The number of alkyl halides is 3. The quantitative estimate of drug-likeness (QED) is 0.303. The van der Waals surface area contributed by atoms with Gasteiger partial charge in [0.2, 0.25) is 0 Å². The number of halogens is 4. The van der Waals surface area contributed by atoms with Crippen LogP contribution in [0.15, 0.2) is 85.2 Å². The number of fused-ring (bicyclic) bond motifs is 1. The lowest BCUT2D eigenvalue weighted by Gasteiger charge is -2.12. The lowest BCUT2D eigenvalue weighted by Crippen LogP contribution is -2.08. The van der Waals surface area contributed by atoms with E-state index in [1.165, 1.54) is 17.1 Å². The third-order valence-electron chi connectivity index (χ3n) is 5.04. The van der Waals surface area contributed by atoms with Crippen LogP contribution in [0.25, 0.3) is 39.2 Å². The minimum atomic E-state index is -4.62. The van der Waals surface area contributed by atoms with Gasteiger partial charge in [-0.2, -0.15) is 18.3 Å². The molecule has 8 heteroatoms. The average molecular weight is 451 g/mol. The zero-order valence-electron chi connectivity index (χ0n) is 16.4. The summed E-state index contributed by atoms with van der Waals surface area (Å²) in [7, 11) is 0.